The van der Waals surface area contributed by atoms with Crippen molar-refractivity contribution >= 4 is 23.3 Å². The van der Waals surface area contributed by atoms with Crippen molar-refractivity contribution in [3.05, 3.63) is 35.0 Å². The minimum Gasteiger partial charge on any atom is -0.480 e. The Kier molecular flexibility index (Phi) is 4.79. The Hall–Kier alpha value is -1.82. The van der Waals surface area contributed by atoms with Gasteiger partial charge in [0, 0.05) is 12.6 Å². The largest absolute Gasteiger partial charge is 0.480 e. The molecule has 0 aliphatic heterocycles. The molecule has 0 spiro atoms. The molecule has 1 aliphatic carbocycles. The average molecular weight is 294 g/mol. The summed E-state index contributed by atoms with van der Waals surface area (Å²) >= 11 is 1.59. The van der Waals surface area contributed by atoms with Crippen LogP contribution in [0, 0.1) is 0 Å². The van der Waals surface area contributed by atoms with E-state index in [0.717, 1.165) is 18.4 Å². The standard InChI is InChI=1S/C14H18N2O3S/c1-2-3-12(13(17)18)15-14(19)16(11-4-5-11)8-10-6-7-20-9-10/h2,6-7,9,11-12H,1,3-5,8H2,(H,15,19)(H,17,18). The molecule has 1 aromatic heterocycles. The van der Waals surface area contributed by atoms with Gasteiger partial charge in [-0.2, -0.15) is 11.3 Å². The number of nitrogens with one attached hydrogen (secondary N) is 1. The molecule has 0 bridgehead atoms. The topological polar surface area (TPSA) is 69.6 Å². The van der Waals surface area contributed by atoms with E-state index in [-0.39, 0.29) is 18.5 Å². The lowest BCUT2D eigenvalue weighted by molar-refractivity contribution is -0.139. The maximum Gasteiger partial charge on any atom is 0.326 e. The van der Waals surface area contributed by atoms with Crippen LogP contribution >= 0.6 is 11.3 Å². The van der Waals surface area contributed by atoms with Gasteiger partial charge in [0.05, 0.1) is 0 Å². The van der Waals surface area contributed by atoms with E-state index in [1.807, 2.05) is 16.8 Å². The summed E-state index contributed by atoms with van der Waals surface area (Å²) in [6.07, 6.45) is 3.69. The lowest BCUT2D eigenvalue weighted by Gasteiger charge is -2.24. The van der Waals surface area contributed by atoms with Crippen LogP contribution in [0.1, 0.15) is 24.8 Å². The summed E-state index contributed by atoms with van der Waals surface area (Å²) in [7, 11) is 0. The number of carboxylic acids is 1. The Balaban J connectivity index is 1.99. The van der Waals surface area contributed by atoms with E-state index in [9.17, 15) is 9.59 Å². The molecule has 0 aromatic carbocycles. The molecule has 108 valence electrons. The first-order chi connectivity index (χ1) is 9.61. The van der Waals surface area contributed by atoms with E-state index in [1.54, 1.807) is 16.2 Å². The molecule has 0 radical (unpaired) electrons. The van der Waals surface area contributed by atoms with Crippen LogP contribution in [0.15, 0.2) is 29.5 Å². The second-order valence-corrected chi connectivity index (χ2v) is 5.64. The number of carbonyl (C=O) groups excluding carboxylic acids is 1. The highest BCUT2D eigenvalue weighted by atomic mass is 32.1. The third-order valence-corrected chi connectivity index (χ3v) is 3.91. The van der Waals surface area contributed by atoms with Crippen LogP contribution in [0.3, 0.4) is 0 Å². The van der Waals surface area contributed by atoms with E-state index >= 15 is 0 Å². The molecule has 1 heterocycles. The van der Waals surface area contributed by atoms with Crippen LogP contribution in [-0.4, -0.2) is 34.1 Å². The number of hydrogen-bond donors (Lipinski definition) is 2. The van der Waals surface area contributed by atoms with Crippen molar-refractivity contribution in [2.45, 2.75) is 37.9 Å². The van der Waals surface area contributed by atoms with Gasteiger partial charge in [-0.05, 0) is 41.7 Å². The SMILES string of the molecule is C=CCC(NC(=O)N(Cc1ccsc1)C1CC1)C(=O)O. The molecule has 1 aromatic rings. The molecular formula is C14H18N2O3S. The van der Waals surface area contributed by atoms with Gasteiger partial charge >= 0.3 is 12.0 Å². The van der Waals surface area contributed by atoms with Gasteiger partial charge in [0.1, 0.15) is 6.04 Å². The molecule has 1 unspecified atom stereocenters. The van der Waals surface area contributed by atoms with Crippen LogP contribution in [0.4, 0.5) is 4.79 Å². The molecule has 2 amide bonds. The molecule has 1 saturated carbocycles. The molecule has 0 saturated heterocycles. The Morgan fingerprint density at radius 3 is 2.85 bits per heavy atom. The number of hydrogen-bond acceptors (Lipinski definition) is 3. The molecule has 6 heteroatoms. The highest BCUT2D eigenvalue weighted by Gasteiger charge is 2.34. The number of nitrogens with zero attached hydrogens (tertiary/aromatic N) is 1. The monoisotopic (exact) mass is 294 g/mol. The van der Waals surface area contributed by atoms with E-state index < -0.39 is 12.0 Å². The number of thiophene rings is 1. The summed E-state index contributed by atoms with van der Waals surface area (Å²) in [6.45, 7) is 4.04. The van der Waals surface area contributed by atoms with Gasteiger partial charge in [0.25, 0.3) is 0 Å². The first-order valence-corrected chi connectivity index (χ1v) is 7.48. The third-order valence-electron chi connectivity index (χ3n) is 3.18. The Labute approximate surface area is 121 Å². The van der Waals surface area contributed by atoms with Crippen molar-refractivity contribution < 1.29 is 14.7 Å². The zero-order valence-electron chi connectivity index (χ0n) is 11.1. The Morgan fingerprint density at radius 1 is 1.60 bits per heavy atom. The number of aliphatic carboxylic acids is 1. The fraction of sp³-hybridized carbons (Fsp3) is 0.429. The smallest absolute Gasteiger partial charge is 0.326 e. The van der Waals surface area contributed by atoms with Crippen LogP contribution in [0.25, 0.3) is 0 Å². The second kappa shape index (κ2) is 6.56. The number of urea groups is 1. The van der Waals surface area contributed by atoms with Crippen LogP contribution in [-0.2, 0) is 11.3 Å². The normalized spacial score (nSPS) is 15.4. The van der Waals surface area contributed by atoms with Gasteiger partial charge in [0.15, 0.2) is 0 Å². The molecule has 2 N–H and O–H groups in total. The Bertz CT molecular complexity index is 483. The predicted molar refractivity (Wildman–Crippen MR) is 77.7 cm³/mol. The summed E-state index contributed by atoms with van der Waals surface area (Å²) in [4.78, 5) is 25.1. The van der Waals surface area contributed by atoms with Crippen molar-refractivity contribution in [1.82, 2.24) is 10.2 Å². The fourth-order valence-electron chi connectivity index (χ4n) is 1.95. The zero-order valence-corrected chi connectivity index (χ0v) is 11.9. The van der Waals surface area contributed by atoms with E-state index in [1.165, 1.54) is 6.08 Å². The third kappa shape index (κ3) is 3.84. The molecule has 2 rings (SSSR count). The lowest BCUT2D eigenvalue weighted by atomic mass is 10.2. The zero-order chi connectivity index (χ0) is 14.5. The summed E-state index contributed by atoms with van der Waals surface area (Å²) in [5.41, 5.74) is 1.08. The average Bonchev–Trinajstić information content (AvgIpc) is 3.12. The van der Waals surface area contributed by atoms with Gasteiger partial charge in [-0.1, -0.05) is 6.08 Å². The lowest BCUT2D eigenvalue weighted by Crippen LogP contribution is -2.48. The summed E-state index contributed by atoms with van der Waals surface area (Å²) in [6, 6.07) is 0.982. The van der Waals surface area contributed by atoms with Gasteiger partial charge < -0.3 is 15.3 Å². The number of rotatable bonds is 7. The van der Waals surface area contributed by atoms with Crippen LogP contribution < -0.4 is 5.32 Å². The van der Waals surface area contributed by atoms with Gasteiger partial charge in [-0.3, -0.25) is 0 Å². The summed E-state index contributed by atoms with van der Waals surface area (Å²) in [5.74, 6) is -1.04. The first kappa shape index (κ1) is 14.6. The van der Waals surface area contributed by atoms with Gasteiger partial charge in [-0.25, -0.2) is 9.59 Å². The molecule has 5 nitrogen and oxygen atoms in total. The minimum atomic E-state index is -1.04. The number of amides is 2. The molecule has 20 heavy (non-hydrogen) atoms. The van der Waals surface area contributed by atoms with Crippen molar-refractivity contribution in [2.75, 3.05) is 0 Å². The number of carbonyl (C=O) groups is 2. The van der Waals surface area contributed by atoms with E-state index in [0.29, 0.717) is 6.54 Å². The van der Waals surface area contributed by atoms with Crippen molar-refractivity contribution in [3.63, 3.8) is 0 Å². The van der Waals surface area contributed by atoms with E-state index in [4.69, 9.17) is 5.11 Å². The maximum atomic E-state index is 12.3. The van der Waals surface area contributed by atoms with Crippen molar-refractivity contribution in [2.24, 2.45) is 0 Å². The summed E-state index contributed by atoms with van der Waals surface area (Å²) < 4.78 is 0. The predicted octanol–water partition coefficient (Wildman–Crippen LogP) is 2.45. The first-order valence-electron chi connectivity index (χ1n) is 6.53. The van der Waals surface area contributed by atoms with Crippen LogP contribution in [0.2, 0.25) is 0 Å². The highest BCUT2D eigenvalue weighted by molar-refractivity contribution is 7.07. The van der Waals surface area contributed by atoms with Gasteiger partial charge in [0.2, 0.25) is 0 Å². The summed E-state index contributed by atoms with van der Waals surface area (Å²) in [5, 5.41) is 15.6. The number of carboxylic acid groups (broad SMARTS) is 1. The quantitative estimate of drug-likeness (QED) is 0.759. The molecule has 1 atom stereocenters. The highest BCUT2D eigenvalue weighted by Crippen LogP contribution is 2.28. The maximum absolute atomic E-state index is 12.3. The van der Waals surface area contributed by atoms with Crippen LogP contribution in [0.5, 0.6) is 0 Å². The molecule has 1 aliphatic rings. The fourth-order valence-corrected chi connectivity index (χ4v) is 2.61. The van der Waals surface area contributed by atoms with Crippen molar-refractivity contribution in [3.8, 4) is 0 Å². The minimum absolute atomic E-state index is 0.220. The van der Waals surface area contributed by atoms with Crippen molar-refractivity contribution in [1.29, 1.82) is 0 Å². The second-order valence-electron chi connectivity index (χ2n) is 4.86. The Morgan fingerprint density at radius 2 is 2.35 bits per heavy atom. The molecule has 1 fully saturated rings. The van der Waals surface area contributed by atoms with Gasteiger partial charge in [-0.15, -0.1) is 6.58 Å². The van der Waals surface area contributed by atoms with E-state index in [2.05, 4.69) is 11.9 Å². The molecular weight excluding hydrogens is 276 g/mol.